The maximum absolute atomic E-state index is 14.0. The summed E-state index contributed by atoms with van der Waals surface area (Å²) in [6, 6.07) is 2.36. The van der Waals surface area contributed by atoms with Gasteiger partial charge in [0.05, 0.1) is 18.7 Å². The summed E-state index contributed by atoms with van der Waals surface area (Å²) in [6.45, 7) is -1.05. The van der Waals surface area contributed by atoms with Crippen LogP contribution in [0.4, 0.5) is 14.6 Å². The quantitative estimate of drug-likeness (QED) is 0.615. The van der Waals surface area contributed by atoms with E-state index in [9.17, 15) is 23.5 Å². The van der Waals surface area contributed by atoms with Crippen molar-refractivity contribution in [3.8, 4) is 5.75 Å². The summed E-state index contributed by atoms with van der Waals surface area (Å²) in [5, 5.41) is 20.2. The number of nitrogens with one attached hydrogen (secondary N) is 2. The standard InChI is InChI=1S/C13H12F2N4O4/c14-13(15,10-8(20)2-1-3-16-10)6-18-11-12(23)17-5-7(19-11)4-9(21)22/h1-3,5,20H,4,6H2,(H,17,23)(H,18,19)(H,21,22). The Morgan fingerprint density at radius 2 is 2.17 bits per heavy atom. The molecule has 0 spiro atoms. The Balaban J connectivity index is 2.18. The molecular weight excluding hydrogens is 314 g/mol. The van der Waals surface area contributed by atoms with Crippen molar-refractivity contribution in [1.29, 1.82) is 0 Å². The number of carbonyl (C=O) groups is 1. The lowest BCUT2D eigenvalue weighted by molar-refractivity contribution is -0.136. The lowest BCUT2D eigenvalue weighted by atomic mass is 10.2. The molecular formula is C13H12F2N4O4. The van der Waals surface area contributed by atoms with E-state index in [-0.39, 0.29) is 5.69 Å². The van der Waals surface area contributed by atoms with E-state index >= 15 is 0 Å². The van der Waals surface area contributed by atoms with Gasteiger partial charge in [-0.05, 0) is 12.1 Å². The van der Waals surface area contributed by atoms with Crippen LogP contribution in [0, 0.1) is 0 Å². The van der Waals surface area contributed by atoms with Gasteiger partial charge in [0, 0.05) is 12.4 Å². The van der Waals surface area contributed by atoms with Gasteiger partial charge < -0.3 is 20.5 Å². The van der Waals surface area contributed by atoms with Crippen LogP contribution in [0.2, 0.25) is 0 Å². The number of carboxylic acid groups (broad SMARTS) is 1. The maximum Gasteiger partial charge on any atom is 0.310 e. The summed E-state index contributed by atoms with van der Waals surface area (Å²) in [6.07, 6.45) is 1.72. The van der Waals surface area contributed by atoms with E-state index in [1.807, 2.05) is 0 Å². The predicted octanol–water partition coefficient (Wildman–Crippen LogP) is 0.702. The van der Waals surface area contributed by atoms with Crippen LogP contribution < -0.4 is 10.9 Å². The normalized spacial score (nSPS) is 11.2. The zero-order valence-electron chi connectivity index (χ0n) is 11.6. The van der Waals surface area contributed by atoms with Gasteiger partial charge in [0.25, 0.3) is 5.56 Å². The first-order valence-corrected chi connectivity index (χ1v) is 6.36. The number of aromatic hydroxyl groups is 1. The molecule has 0 amide bonds. The van der Waals surface area contributed by atoms with E-state index in [4.69, 9.17) is 5.11 Å². The number of pyridine rings is 1. The zero-order chi connectivity index (χ0) is 17.0. The number of aromatic nitrogens is 3. The number of rotatable bonds is 6. The van der Waals surface area contributed by atoms with E-state index in [1.54, 1.807) is 0 Å². The van der Waals surface area contributed by atoms with Gasteiger partial charge in [-0.1, -0.05) is 0 Å². The molecule has 0 aromatic carbocycles. The highest BCUT2D eigenvalue weighted by atomic mass is 19.3. The maximum atomic E-state index is 14.0. The summed E-state index contributed by atoms with van der Waals surface area (Å²) >= 11 is 0. The summed E-state index contributed by atoms with van der Waals surface area (Å²) in [5.41, 5.74) is -1.62. The Labute approximate surface area is 127 Å². The number of hydrogen-bond donors (Lipinski definition) is 4. The van der Waals surface area contributed by atoms with Gasteiger partial charge in [0.1, 0.15) is 5.75 Å². The third-order valence-electron chi connectivity index (χ3n) is 2.78. The van der Waals surface area contributed by atoms with Crippen LogP contribution in [-0.4, -0.2) is 37.7 Å². The van der Waals surface area contributed by atoms with Gasteiger partial charge in [-0.25, -0.2) is 4.98 Å². The fourth-order valence-electron chi connectivity index (χ4n) is 1.77. The SMILES string of the molecule is O=C(O)Cc1c[nH]c(=O)c(NCC(F)(F)c2ncccc2O)n1. The van der Waals surface area contributed by atoms with Gasteiger partial charge in [0.15, 0.2) is 11.5 Å². The number of hydrogen-bond acceptors (Lipinski definition) is 6. The third-order valence-corrected chi connectivity index (χ3v) is 2.78. The molecule has 0 unspecified atom stereocenters. The molecule has 8 nitrogen and oxygen atoms in total. The number of nitrogens with zero attached hydrogens (tertiary/aromatic N) is 2. The summed E-state index contributed by atoms with van der Waals surface area (Å²) in [7, 11) is 0. The first-order chi connectivity index (χ1) is 10.8. The predicted molar refractivity (Wildman–Crippen MR) is 74.5 cm³/mol. The summed E-state index contributed by atoms with van der Waals surface area (Å²) in [4.78, 5) is 31.4. The van der Waals surface area contributed by atoms with Crippen LogP contribution in [0.5, 0.6) is 5.75 Å². The molecule has 23 heavy (non-hydrogen) atoms. The smallest absolute Gasteiger partial charge is 0.310 e. The number of halogens is 2. The second-order valence-electron chi connectivity index (χ2n) is 4.57. The molecule has 0 fully saturated rings. The average Bonchev–Trinajstić information content (AvgIpc) is 2.47. The Morgan fingerprint density at radius 1 is 1.43 bits per heavy atom. The molecule has 2 rings (SSSR count). The molecule has 10 heteroatoms. The van der Waals surface area contributed by atoms with E-state index in [0.717, 1.165) is 18.5 Å². The van der Waals surface area contributed by atoms with Crippen molar-refractivity contribution < 1.29 is 23.8 Å². The van der Waals surface area contributed by atoms with Gasteiger partial charge in [-0.3, -0.25) is 14.6 Å². The van der Waals surface area contributed by atoms with Gasteiger partial charge >= 0.3 is 11.9 Å². The number of carboxylic acids is 1. The van der Waals surface area contributed by atoms with Crippen LogP contribution in [0.25, 0.3) is 0 Å². The van der Waals surface area contributed by atoms with Crippen molar-refractivity contribution in [3.05, 3.63) is 46.3 Å². The van der Waals surface area contributed by atoms with Crippen molar-refractivity contribution in [2.75, 3.05) is 11.9 Å². The zero-order valence-corrected chi connectivity index (χ0v) is 11.6. The molecule has 0 radical (unpaired) electrons. The Bertz CT molecular complexity index is 779. The van der Waals surface area contributed by atoms with E-state index in [0.29, 0.717) is 0 Å². The second kappa shape index (κ2) is 6.38. The molecule has 0 saturated heterocycles. The van der Waals surface area contributed by atoms with Crippen LogP contribution in [-0.2, 0) is 17.1 Å². The van der Waals surface area contributed by atoms with Crippen LogP contribution >= 0.6 is 0 Å². The molecule has 0 aliphatic rings. The highest BCUT2D eigenvalue weighted by molar-refractivity contribution is 5.69. The van der Waals surface area contributed by atoms with Crippen molar-refractivity contribution >= 4 is 11.8 Å². The first kappa shape index (κ1) is 16.3. The molecule has 122 valence electrons. The van der Waals surface area contributed by atoms with Crippen LogP contribution in [0.15, 0.2) is 29.3 Å². The number of anilines is 1. The minimum absolute atomic E-state index is 0.00333. The van der Waals surface area contributed by atoms with E-state index < -0.39 is 47.7 Å². The lowest BCUT2D eigenvalue weighted by Crippen LogP contribution is -2.29. The average molecular weight is 326 g/mol. The molecule has 0 aliphatic carbocycles. The molecule has 2 aromatic heterocycles. The summed E-state index contributed by atoms with van der Waals surface area (Å²) < 4.78 is 28.1. The topological polar surface area (TPSA) is 128 Å². The fourth-order valence-corrected chi connectivity index (χ4v) is 1.77. The molecule has 2 aromatic rings. The second-order valence-corrected chi connectivity index (χ2v) is 4.57. The van der Waals surface area contributed by atoms with Crippen molar-refractivity contribution in [2.24, 2.45) is 0 Å². The van der Waals surface area contributed by atoms with Crippen LogP contribution in [0.1, 0.15) is 11.4 Å². The largest absolute Gasteiger partial charge is 0.506 e. The molecule has 0 saturated carbocycles. The Morgan fingerprint density at radius 3 is 2.83 bits per heavy atom. The van der Waals surface area contributed by atoms with Crippen LogP contribution in [0.3, 0.4) is 0 Å². The molecule has 0 bridgehead atoms. The number of aromatic amines is 1. The van der Waals surface area contributed by atoms with Crippen molar-refractivity contribution in [2.45, 2.75) is 12.3 Å². The molecule has 2 heterocycles. The van der Waals surface area contributed by atoms with Gasteiger partial charge in [-0.2, -0.15) is 8.78 Å². The lowest BCUT2D eigenvalue weighted by Gasteiger charge is -2.17. The monoisotopic (exact) mass is 326 g/mol. The number of H-pyrrole nitrogens is 1. The van der Waals surface area contributed by atoms with Gasteiger partial charge in [0.2, 0.25) is 0 Å². The number of alkyl halides is 2. The Hall–Kier alpha value is -3.04. The first-order valence-electron chi connectivity index (χ1n) is 6.36. The van der Waals surface area contributed by atoms with Gasteiger partial charge in [-0.15, -0.1) is 0 Å². The molecule has 0 aliphatic heterocycles. The fraction of sp³-hybridized carbons (Fsp3) is 0.231. The third kappa shape index (κ3) is 3.99. The number of aliphatic carboxylic acids is 1. The Kier molecular flexibility index (Phi) is 4.53. The minimum Gasteiger partial charge on any atom is -0.506 e. The minimum atomic E-state index is -3.57. The molecule has 0 atom stereocenters. The highest BCUT2D eigenvalue weighted by Crippen LogP contribution is 2.32. The van der Waals surface area contributed by atoms with E-state index in [2.05, 4.69) is 20.3 Å². The van der Waals surface area contributed by atoms with Crippen molar-refractivity contribution in [3.63, 3.8) is 0 Å². The van der Waals surface area contributed by atoms with Crippen molar-refractivity contribution in [1.82, 2.24) is 15.0 Å². The molecule has 4 N–H and O–H groups in total. The highest BCUT2D eigenvalue weighted by Gasteiger charge is 2.36. The summed E-state index contributed by atoms with van der Waals surface area (Å²) in [5.74, 6) is -5.87. The van der Waals surface area contributed by atoms with E-state index in [1.165, 1.54) is 6.07 Å².